The van der Waals surface area contributed by atoms with Crippen LogP contribution in [0.1, 0.15) is 19.5 Å². The van der Waals surface area contributed by atoms with Gasteiger partial charge in [0.2, 0.25) is 11.8 Å². The average Bonchev–Trinajstić information content (AvgIpc) is 3.22. The van der Waals surface area contributed by atoms with E-state index in [9.17, 15) is 22.8 Å². The van der Waals surface area contributed by atoms with Gasteiger partial charge in [0.05, 0.1) is 30.0 Å². The molecule has 3 atom stereocenters. The zero-order valence-electron chi connectivity index (χ0n) is 21.3. The molecule has 202 valence electrons. The standard InChI is InChI=1S/C25H28BrN5O6S/c1-14(27-3)24(33)28-23-15(2)31(22(32)13-38(4,35)36)20-8-6-5-7-19(20)30(25(23)34)12-18-17-10-9-16(26)11-21(17)37-29-18/h5-11,14-15,23,27H,12-13H2,1-4H3,(H,28,33). The summed E-state index contributed by atoms with van der Waals surface area (Å²) in [5.41, 5.74) is 1.72. The van der Waals surface area contributed by atoms with Crippen molar-refractivity contribution in [3.63, 3.8) is 0 Å². The van der Waals surface area contributed by atoms with Gasteiger partial charge in [-0.05, 0) is 51.2 Å². The van der Waals surface area contributed by atoms with Crippen molar-refractivity contribution in [1.82, 2.24) is 15.8 Å². The number of anilines is 2. The van der Waals surface area contributed by atoms with Crippen molar-refractivity contribution >= 4 is 65.8 Å². The molecule has 13 heteroatoms. The van der Waals surface area contributed by atoms with Gasteiger partial charge >= 0.3 is 0 Å². The van der Waals surface area contributed by atoms with Crippen LogP contribution in [0.2, 0.25) is 0 Å². The fourth-order valence-corrected chi connectivity index (χ4v) is 5.32. The van der Waals surface area contributed by atoms with E-state index in [2.05, 4.69) is 31.7 Å². The molecule has 1 aromatic heterocycles. The quantitative estimate of drug-likeness (QED) is 0.416. The van der Waals surface area contributed by atoms with Gasteiger partial charge in [-0.15, -0.1) is 0 Å². The van der Waals surface area contributed by atoms with Gasteiger partial charge in [-0.25, -0.2) is 8.42 Å². The van der Waals surface area contributed by atoms with Gasteiger partial charge in [0, 0.05) is 16.1 Å². The fourth-order valence-electron chi connectivity index (χ4n) is 4.39. The number of carbonyl (C=O) groups excluding carboxylic acids is 3. The molecule has 3 unspecified atom stereocenters. The summed E-state index contributed by atoms with van der Waals surface area (Å²) in [5, 5.41) is 10.5. The fraction of sp³-hybridized carbons (Fsp3) is 0.360. The second kappa shape index (κ2) is 10.8. The van der Waals surface area contributed by atoms with Crippen LogP contribution in [-0.4, -0.2) is 68.5 Å². The topological polar surface area (TPSA) is 142 Å². The summed E-state index contributed by atoms with van der Waals surface area (Å²) in [7, 11) is -2.07. The summed E-state index contributed by atoms with van der Waals surface area (Å²) >= 11 is 3.40. The van der Waals surface area contributed by atoms with Gasteiger partial charge in [0.1, 0.15) is 17.5 Å². The Morgan fingerprint density at radius 2 is 1.87 bits per heavy atom. The molecule has 0 spiro atoms. The number of aromatic nitrogens is 1. The third kappa shape index (κ3) is 5.59. The van der Waals surface area contributed by atoms with E-state index in [-0.39, 0.29) is 6.54 Å². The molecule has 11 nitrogen and oxygen atoms in total. The molecule has 0 saturated carbocycles. The van der Waals surface area contributed by atoms with Crippen LogP contribution >= 0.6 is 15.9 Å². The van der Waals surface area contributed by atoms with Crippen LogP contribution in [0.5, 0.6) is 0 Å². The van der Waals surface area contributed by atoms with Gasteiger partial charge in [-0.3, -0.25) is 14.4 Å². The van der Waals surface area contributed by atoms with E-state index >= 15 is 0 Å². The Labute approximate surface area is 228 Å². The Morgan fingerprint density at radius 3 is 2.53 bits per heavy atom. The molecule has 0 aliphatic carbocycles. The lowest BCUT2D eigenvalue weighted by Crippen LogP contribution is -2.60. The first-order valence-electron chi connectivity index (χ1n) is 11.8. The lowest BCUT2D eigenvalue weighted by molar-refractivity contribution is -0.129. The van der Waals surface area contributed by atoms with E-state index in [1.807, 2.05) is 12.1 Å². The van der Waals surface area contributed by atoms with Crippen LogP contribution in [0.15, 0.2) is 51.5 Å². The van der Waals surface area contributed by atoms with Crippen molar-refractivity contribution < 1.29 is 27.3 Å². The van der Waals surface area contributed by atoms with E-state index in [4.69, 9.17) is 4.52 Å². The molecule has 0 bridgehead atoms. The maximum atomic E-state index is 14.1. The Morgan fingerprint density at radius 1 is 1.18 bits per heavy atom. The van der Waals surface area contributed by atoms with Crippen molar-refractivity contribution in [2.45, 2.75) is 38.5 Å². The Balaban J connectivity index is 1.85. The molecule has 2 N–H and O–H groups in total. The number of nitrogens with zero attached hydrogens (tertiary/aromatic N) is 3. The number of hydrogen-bond donors (Lipinski definition) is 2. The SMILES string of the molecule is CNC(C)C(=O)NC1C(=O)N(Cc2noc3cc(Br)ccc23)c2ccccc2N(C(=O)CS(C)(=O)=O)C1C. The van der Waals surface area contributed by atoms with Crippen LogP contribution in [0.25, 0.3) is 11.0 Å². The number of halogens is 1. The first-order chi connectivity index (χ1) is 17.9. The van der Waals surface area contributed by atoms with E-state index in [1.165, 1.54) is 9.80 Å². The number of nitrogens with one attached hydrogen (secondary N) is 2. The third-order valence-electron chi connectivity index (χ3n) is 6.45. The Hall–Kier alpha value is -3.29. The number of benzene rings is 2. The van der Waals surface area contributed by atoms with E-state index < -0.39 is 51.4 Å². The summed E-state index contributed by atoms with van der Waals surface area (Å²) in [6.07, 6.45) is 0.971. The minimum atomic E-state index is -3.68. The maximum absolute atomic E-state index is 14.1. The number of hydrogen-bond acceptors (Lipinski definition) is 8. The van der Waals surface area contributed by atoms with Crippen LogP contribution in [0.3, 0.4) is 0 Å². The number of rotatable bonds is 7. The molecule has 1 aliphatic rings. The molecular formula is C25H28BrN5O6S. The van der Waals surface area contributed by atoms with Crippen molar-refractivity contribution in [3.8, 4) is 0 Å². The molecular weight excluding hydrogens is 578 g/mol. The predicted molar refractivity (Wildman–Crippen MR) is 146 cm³/mol. The summed E-state index contributed by atoms with van der Waals surface area (Å²) < 4.78 is 30.4. The minimum Gasteiger partial charge on any atom is -0.356 e. The monoisotopic (exact) mass is 605 g/mol. The highest BCUT2D eigenvalue weighted by Gasteiger charge is 2.43. The Kier molecular flexibility index (Phi) is 7.90. The van der Waals surface area contributed by atoms with E-state index in [0.717, 1.165) is 10.7 Å². The maximum Gasteiger partial charge on any atom is 0.252 e. The number of sulfone groups is 1. The number of amides is 3. The second-order valence-electron chi connectivity index (χ2n) is 9.25. The Bertz CT molecular complexity index is 1510. The number of carbonyl (C=O) groups is 3. The highest BCUT2D eigenvalue weighted by Crippen LogP contribution is 2.37. The summed E-state index contributed by atoms with van der Waals surface area (Å²) in [5.74, 6) is -2.39. The average molecular weight is 606 g/mol. The molecule has 4 rings (SSSR count). The van der Waals surface area contributed by atoms with E-state index in [1.54, 1.807) is 51.2 Å². The highest BCUT2D eigenvalue weighted by molar-refractivity contribution is 9.10. The first kappa shape index (κ1) is 27.7. The molecule has 0 radical (unpaired) electrons. The number of para-hydroxylation sites is 2. The molecule has 1 aliphatic heterocycles. The molecule has 0 saturated heterocycles. The zero-order chi connectivity index (χ0) is 27.8. The van der Waals surface area contributed by atoms with Crippen molar-refractivity contribution in [2.24, 2.45) is 0 Å². The van der Waals surface area contributed by atoms with Crippen molar-refractivity contribution in [3.05, 3.63) is 52.6 Å². The molecule has 2 aromatic carbocycles. The number of likely N-dealkylation sites (N-methyl/N-ethyl adjacent to an activating group) is 1. The smallest absolute Gasteiger partial charge is 0.252 e. The van der Waals surface area contributed by atoms with Crippen LogP contribution in [0.4, 0.5) is 11.4 Å². The molecule has 2 heterocycles. The van der Waals surface area contributed by atoms with Gasteiger partial charge in [0.25, 0.3) is 5.91 Å². The van der Waals surface area contributed by atoms with Gasteiger partial charge < -0.3 is 25.0 Å². The largest absolute Gasteiger partial charge is 0.356 e. The third-order valence-corrected chi connectivity index (χ3v) is 7.71. The summed E-state index contributed by atoms with van der Waals surface area (Å²) in [4.78, 5) is 43.1. The van der Waals surface area contributed by atoms with Gasteiger partial charge in [-0.2, -0.15) is 0 Å². The molecule has 3 aromatic rings. The zero-order valence-corrected chi connectivity index (χ0v) is 23.7. The molecule has 0 fully saturated rings. The van der Waals surface area contributed by atoms with E-state index in [0.29, 0.717) is 28.0 Å². The number of fused-ring (bicyclic) bond motifs is 2. The summed E-state index contributed by atoms with van der Waals surface area (Å²) in [6.45, 7) is 3.23. The predicted octanol–water partition coefficient (Wildman–Crippen LogP) is 2.00. The minimum absolute atomic E-state index is 0.0146. The highest BCUT2D eigenvalue weighted by atomic mass is 79.9. The van der Waals surface area contributed by atoms with Crippen LogP contribution < -0.4 is 20.4 Å². The normalized spacial score (nSPS) is 18.7. The lowest BCUT2D eigenvalue weighted by Gasteiger charge is -2.32. The van der Waals surface area contributed by atoms with Crippen LogP contribution in [-0.2, 0) is 30.8 Å². The van der Waals surface area contributed by atoms with Gasteiger partial charge in [-0.1, -0.05) is 33.2 Å². The van der Waals surface area contributed by atoms with Gasteiger partial charge in [0.15, 0.2) is 15.4 Å². The lowest BCUT2D eigenvalue weighted by atomic mass is 10.1. The first-order valence-corrected chi connectivity index (χ1v) is 14.7. The van der Waals surface area contributed by atoms with Crippen LogP contribution in [0, 0.1) is 0 Å². The second-order valence-corrected chi connectivity index (χ2v) is 12.3. The molecule has 3 amide bonds. The molecule has 38 heavy (non-hydrogen) atoms. The van der Waals surface area contributed by atoms with Crippen molar-refractivity contribution in [2.75, 3.05) is 28.9 Å². The van der Waals surface area contributed by atoms with Crippen molar-refractivity contribution in [1.29, 1.82) is 0 Å². The summed E-state index contributed by atoms with van der Waals surface area (Å²) in [6, 6.07) is 9.43.